The fraction of sp³-hybridized carbons (Fsp3) is 0.545. The van der Waals surface area contributed by atoms with E-state index in [1.807, 2.05) is 0 Å². The molecule has 2 rings (SSSR count). The molecule has 1 saturated heterocycles. The zero-order chi connectivity index (χ0) is 12.1. The van der Waals surface area contributed by atoms with E-state index in [0.29, 0.717) is 11.9 Å². The third-order valence-electron chi connectivity index (χ3n) is 2.75. The van der Waals surface area contributed by atoms with E-state index in [1.54, 1.807) is 12.1 Å². The Morgan fingerprint density at radius 1 is 1.59 bits per heavy atom. The highest BCUT2D eigenvalue weighted by atomic mass is 16.5. The van der Waals surface area contributed by atoms with Gasteiger partial charge in [0.25, 0.3) is 0 Å². The molecule has 0 saturated carbocycles. The number of carbonyl (C=O) groups excluding carboxylic acids is 1. The highest BCUT2D eigenvalue weighted by Gasteiger charge is 2.13. The van der Waals surface area contributed by atoms with Crippen molar-refractivity contribution in [2.24, 2.45) is 0 Å². The number of carbonyl (C=O) groups is 1. The van der Waals surface area contributed by atoms with Gasteiger partial charge < -0.3 is 15.4 Å². The van der Waals surface area contributed by atoms with Gasteiger partial charge in [-0.1, -0.05) is 0 Å². The summed E-state index contributed by atoms with van der Waals surface area (Å²) < 4.78 is 4.55. The first-order valence-electron chi connectivity index (χ1n) is 5.69. The Labute approximate surface area is 99.8 Å². The van der Waals surface area contributed by atoms with E-state index in [-0.39, 0.29) is 5.69 Å². The smallest absolute Gasteiger partial charge is 0.358 e. The average Bonchev–Trinajstić information content (AvgIpc) is 2.89. The summed E-state index contributed by atoms with van der Waals surface area (Å²) in [5.41, 5.74) is 0.219. The summed E-state index contributed by atoms with van der Waals surface area (Å²) in [6.45, 7) is 1.91. The van der Waals surface area contributed by atoms with E-state index < -0.39 is 5.97 Å². The number of esters is 1. The highest BCUT2D eigenvalue weighted by molar-refractivity contribution is 5.86. The van der Waals surface area contributed by atoms with Crippen molar-refractivity contribution in [1.29, 1.82) is 0 Å². The van der Waals surface area contributed by atoms with Crippen molar-refractivity contribution in [2.45, 2.75) is 18.9 Å². The van der Waals surface area contributed by atoms with Crippen LogP contribution in [0.25, 0.3) is 0 Å². The van der Waals surface area contributed by atoms with Crippen LogP contribution in [0.5, 0.6) is 0 Å². The maximum Gasteiger partial charge on any atom is 0.358 e. The standard InChI is InChI=1S/C11H16N4O2/c1-17-11(16)9-4-5-10(15-14-9)13-7-8-3-2-6-12-8/h4-5,8,12H,2-3,6-7H2,1H3,(H,13,15). The van der Waals surface area contributed by atoms with Gasteiger partial charge in [0.05, 0.1) is 7.11 Å². The molecule has 0 spiro atoms. The molecule has 0 amide bonds. The van der Waals surface area contributed by atoms with Gasteiger partial charge in [-0.25, -0.2) is 4.79 Å². The molecule has 2 heterocycles. The molecule has 1 fully saturated rings. The van der Waals surface area contributed by atoms with Gasteiger partial charge in [-0.2, -0.15) is 0 Å². The molecular weight excluding hydrogens is 220 g/mol. The number of hydrogen-bond donors (Lipinski definition) is 2. The summed E-state index contributed by atoms with van der Waals surface area (Å²) in [6.07, 6.45) is 2.40. The van der Waals surface area contributed by atoms with E-state index >= 15 is 0 Å². The van der Waals surface area contributed by atoms with Crippen molar-refractivity contribution < 1.29 is 9.53 Å². The summed E-state index contributed by atoms with van der Waals surface area (Å²) in [7, 11) is 1.32. The average molecular weight is 236 g/mol. The minimum absolute atomic E-state index is 0.219. The summed E-state index contributed by atoms with van der Waals surface area (Å²) in [5, 5.41) is 14.3. The molecular formula is C11H16N4O2. The Bertz CT molecular complexity index is 374. The number of rotatable bonds is 4. The van der Waals surface area contributed by atoms with E-state index in [1.165, 1.54) is 20.0 Å². The molecule has 1 unspecified atom stereocenters. The van der Waals surface area contributed by atoms with Crippen LogP contribution in [0.4, 0.5) is 5.82 Å². The monoisotopic (exact) mass is 236 g/mol. The number of hydrogen-bond acceptors (Lipinski definition) is 6. The van der Waals surface area contributed by atoms with Crippen molar-refractivity contribution in [3.63, 3.8) is 0 Å². The van der Waals surface area contributed by atoms with Crippen LogP contribution in [0.1, 0.15) is 23.3 Å². The lowest BCUT2D eigenvalue weighted by molar-refractivity contribution is 0.0593. The predicted octanol–water partition coefficient (Wildman–Crippen LogP) is 0.427. The van der Waals surface area contributed by atoms with E-state index in [9.17, 15) is 4.79 Å². The molecule has 1 aliphatic rings. The minimum atomic E-state index is -0.471. The van der Waals surface area contributed by atoms with Gasteiger partial charge in [-0.15, -0.1) is 10.2 Å². The number of aromatic nitrogens is 2. The first-order chi connectivity index (χ1) is 8.29. The van der Waals surface area contributed by atoms with Gasteiger partial charge in [0.15, 0.2) is 5.69 Å². The van der Waals surface area contributed by atoms with Crippen molar-refractivity contribution in [2.75, 3.05) is 25.5 Å². The lowest BCUT2D eigenvalue weighted by Crippen LogP contribution is -2.29. The predicted molar refractivity (Wildman–Crippen MR) is 62.9 cm³/mol. The molecule has 6 heteroatoms. The Balaban J connectivity index is 1.87. The molecule has 1 aliphatic heterocycles. The van der Waals surface area contributed by atoms with Crippen LogP contribution in [0.2, 0.25) is 0 Å². The third-order valence-corrected chi connectivity index (χ3v) is 2.75. The van der Waals surface area contributed by atoms with Crippen LogP contribution >= 0.6 is 0 Å². The number of methoxy groups -OCH3 is 1. The molecule has 92 valence electrons. The van der Waals surface area contributed by atoms with Crippen molar-refractivity contribution >= 4 is 11.8 Å². The topological polar surface area (TPSA) is 76.1 Å². The summed E-state index contributed by atoms with van der Waals surface area (Å²) in [4.78, 5) is 11.1. The summed E-state index contributed by atoms with van der Waals surface area (Å²) in [5.74, 6) is 0.202. The fourth-order valence-corrected chi connectivity index (χ4v) is 1.80. The molecule has 17 heavy (non-hydrogen) atoms. The highest BCUT2D eigenvalue weighted by Crippen LogP contribution is 2.07. The normalized spacial score (nSPS) is 19.0. The van der Waals surface area contributed by atoms with Crippen LogP contribution in [-0.2, 0) is 4.74 Å². The Hall–Kier alpha value is -1.69. The number of anilines is 1. The zero-order valence-electron chi connectivity index (χ0n) is 9.77. The van der Waals surface area contributed by atoms with Gasteiger partial charge in [-0.05, 0) is 31.5 Å². The third kappa shape index (κ3) is 3.13. The molecule has 0 bridgehead atoms. The number of ether oxygens (including phenoxy) is 1. The van der Waals surface area contributed by atoms with E-state index in [0.717, 1.165) is 13.1 Å². The van der Waals surface area contributed by atoms with Crippen LogP contribution < -0.4 is 10.6 Å². The molecule has 0 aromatic carbocycles. The minimum Gasteiger partial charge on any atom is -0.464 e. The van der Waals surface area contributed by atoms with E-state index in [2.05, 4.69) is 25.6 Å². The van der Waals surface area contributed by atoms with Gasteiger partial charge in [0.1, 0.15) is 5.82 Å². The molecule has 0 radical (unpaired) electrons. The Morgan fingerprint density at radius 2 is 2.47 bits per heavy atom. The lowest BCUT2D eigenvalue weighted by atomic mass is 10.2. The maximum atomic E-state index is 11.1. The van der Waals surface area contributed by atoms with E-state index in [4.69, 9.17) is 0 Å². The molecule has 1 aromatic heterocycles. The second-order valence-electron chi connectivity index (χ2n) is 3.97. The number of nitrogens with one attached hydrogen (secondary N) is 2. The maximum absolute atomic E-state index is 11.1. The molecule has 6 nitrogen and oxygen atoms in total. The molecule has 1 atom stereocenters. The quantitative estimate of drug-likeness (QED) is 0.738. The van der Waals surface area contributed by atoms with Crippen LogP contribution in [0, 0.1) is 0 Å². The first kappa shape index (κ1) is 11.8. The second-order valence-corrected chi connectivity index (χ2v) is 3.97. The Morgan fingerprint density at radius 3 is 3.06 bits per heavy atom. The Kier molecular flexibility index (Phi) is 3.87. The van der Waals surface area contributed by atoms with Gasteiger partial charge in [0, 0.05) is 12.6 Å². The lowest BCUT2D eigenvalue weighted by Gasteiger charge is -2.11. The first-order valence-corrected chi connectivity index (χ1v) is 5.69. The van der Waals surface area contributed by atoms with Crippen molar-refractivity contribution in [3.05, 3.63) is 17.8 Å². The fourth-order valence-electron chi connectivity index (χ4n) is 1.80. The molecule has 0 aliphatic carbocycles. The molecule has 1 aromatic rings. The van der Waals surface area contributed by atoms with Gasteiger partial charge >= 0.3 is 5.97 Å². The zero-order valence-corrected chi connectivity index (χ0v) is 9.77. The summed E-state index contributed by atoms with van der Waals surface area (Å²) >= 11 is 0. The number of nitrogens with zero attached hydrogens (tertiary/aromatic N) is 2. The van der Waals surface area contributed by atoms with Crippen LogP contribution in [0.15, 0.2) is 12.1 Å². The van der Waals surface area contributed by atoms with Crippen LogP contribution in [0.3, 0.4) is 0 Å². The van der Waals surface area contributed by atoms with Gasteiger partial charge in [0.2, 0.25) is 0 Å². The van der Waals surface area contributed by atoms with Crippen molar-refractivity contribution in [1.82, 2.24) is 15.5 Å². The summed E-state index contributed by atoms with van der Waals surface area (Å²) in [6, 6.07) is 3.83. The largest absolute Gasteiger partial charge is 0.464 e. The SMILES string of the molecule is COC(=O)c1ccc(NCC2CCCN2)nn1. The van der Waals surface area contributed by atoms with Crippen molar-refractivity contribution in [3.8, 4) is 0 Å². The molecule has 2 N–H and O–H groups in total. The van der Waals surface area contributed by atoms with Gasteiger partial charge in [-0.3, -0.25) is 0 Å². The van der Waals surface area contributed by atoms with Crippen LogP contribution in [-0.4, -0.2) is 42.4 Å². The second kappa shape index (κ2) is 5.58.